The van der Waals surface area contributed by atoms with E-state index in [4.69, 9.17) is 0 Å². The average molecular weight is 346 g/mol. The molecule has 26 heavy (non-hydrogen) atoms. The Morgan fingerprint density at radius 3 is 2.35 bits per heavy atom. The van der Waals surface area contributed by atoms with E-state index in [1.54, 1.807) is 6.07 Å². The molecule has 0 saturated carbocycles. The van der Waals surface area contributed by atoms with Gasteiger partial charge in [0.15, 0.2) is 0 Å². The Morgan fingerprint density at radius 1 is 0.962 bits per heavy atom. The number of benzene rings is 3. The third-order valence-corrected chi connectivity index (χ3v) is 4.23. The molecule has 0 aliphatic heterocycles. The summed E-state index contributed by atoms with van der Waals surface area (Å²) in [6.45, 7) is 1.99. The predicted octanol–water partition coefficient (Wildman–Crippen LogP) is 4.42. The zero-order valence-corrected chi connectivity index (χ0v) is 14.3. The van der Waals surface area contributed by atoms with Gasteiger partial charge in [-0.3, -0.25) is 14.9 Å². The number of hydrogen-bond acceptors (Lipinski definition) is 3. The molecule has 130 valence electrons. The van der Waals surface area contributed by atoms with Crippen molar-refractivity contribution in [1.82, 2.24) is 5.32 Å². The highest BCUT2D eigenvalue weighted by Gasteiger charge is 2.20. The number of amides is 1. The predicted molar refractivity (Wildman–Crippen MR) is 100 cm³/mol. The quantitative estimate of drug-likeness (QED) is 0.549. The minimum Gasteiger partial charge on any atom is -0.341 e. The van der Waals surface area contributed by atoms with Gasteiger partial charge in [0, 0.05) is 17.7 Å². The second kappa shape index (κ2) is 7.61. The third-order valence-electron chi connectivity index (χ3n) is 4.23. The van der Waals surface area contributed by atoms with Crippen molar-refractivity contribution in [3.8, 4) is 0 Å². The molecule has 3 aromatic rings. The zero-order valence-electron chi connectivity index (χ0n) is 14.3. The van der Waals surface area contributed by atoms with Crippen molar-refractivity contribution in [2.24, 2.45) is 0 Å². The van der Waals surface area contributed by atoms with E-state index in [1.807, 2.05) is 61.5 Å². The molecule has 1 N–H and O–H groups in total. The van der Waals surface area contributed by atoms with Crippen molar-refractivity contribution in [1.29, 1.82) is 0 Å². The Labute approximate surface area is 151 Å². The summed E-state index contributed by atoms with van der Waals surface area (Å²) in [5.41, 5.74) is 3.14. The van der Waals surface area contributed by atoms with Crippen LogP contribution >= 0.6 is 0 Å². The summed E-state index contributed by atoms with van der Waals surface area (Å²) in [6, 6.07) is 22.9. The van der Waals surface area contributed by atoms with Crippen LogP contribution in [0.5, 0.6) is 0 Å². The second-order valence-corrected chi connectivity index (χ2v) is 5.98. The van der Waals surface area contributed by atoms with Gasteiger partial charge in [-0.25, -0.2) is 0 Å². The molecule has 0 spiro atoms. The first-order chi connectivity index (χ1) is 12.6. The van der Waals surface area contributed by atoms with Crippen molar-refractivity contribution in [3.63, 3.8) is 0 Å². The van der Waals surface area contributed by atoms with Gasteiger partial charge in [0.1, 0.15) is 0 Å². The lowest BCUT2D eigenvalue weighted by Gasteiger charge is -2.21. The molecule has 1 amide bonds. The Bertz CT molecular complexity index is 939. The van der Waals surface area contributed by atoms with Crippen molar-refractivity contribution >= 4 is 11.6 Å². The Balaban J connectivity index is 1.96. The lowest BCUT2D eigenvalue weighted by Crippen LogP contribution is -2.29. The molecule has 0 heterocycles. The fourth-order valence-corrected chi connectivity index (χ4v) is 2.87. The van der Waals surface area contributed by atoms with Crippen LogP contribution in [-0.2, 0) is 0 Å². The number of nitrogens with zero attached hydrogens (tertiary/aromatic N) is 1. The average Bonchev–Trinajstić information content (AvgIpc) is 2.67. The van der Waals surface area contributed by atoms with Crippen molar-refractivity contribution in [3.05, 3.63) is 111 Å². The van der Waals surface area contributed by atoms with Gasteiger partial charge in [0.05, 0.1) is 11.0 Å². The van der Waals surface area contributed by atoms with Gasteiger partial charge in [-0.05, 0) is 29.7 Å². The molecule has 5 heteroatoms. The minimum absolute atomic E-state index is 0.107. The first-order valence-electron chi connectivity index (χ1n) is 8.22. The van der Waals surface area contributed by atoms with Crippen LogP contribution in [0.4, 0.5) is 5.69 Å². The zero-order chi connectivity index (χ0) is 18.5. The van der Waals surface area contributed by atoms with E-state index in [2.05, 4.69) is 5.32 Å². The van der Waals surface area contributed by atoms with Crippen molar-refractivity contribution < 1.29 is 9.72 Å². The molecular weight excluding hydrogens is 328 g/mol. The number of hydrogen-bond donors (Lipinski definition) is 1. The lowest BCUT2D eigenvalue weighted by molar-refractivity contribution is -0.384. The molecule has 0 aromatic heterocycles. The molecule has 0 unspecified atom stereocenters. The van der Waals surface area contributed by atoms with Crippen molar-refractivity contribution in [2.45, 2.75) is 13.0 Å². The van der Waals surface area contributed by atoms with Crippen LogP contribution in [0.3, 0.4) is 0 Å². The van der Waals surface area contributed by atoms with Gasteiger partial charge in [-0.15, -0.1) is 0 Å². The molecule has 5 nitrogen and oxygen atoms in total. The van der Waals surface area contributed by atoms with Gasteiger partial charge in [0.25, 0.3) is 11.6 Å². The van der Waals surface area contributed by atoms with Gasteiger partial charge < -0.3 is 5.32 Å². The maximum atomic E-state index is 12.8. The summed E-state index contributed by atoms with van der Waals surface area (Å²) in [7, 11) is 0. The summed E-state index contributed by atoms with van der Waals surface area (Å²) in [4.78, 5) is 23.2. The summed E-state index contributed by atoms with van der Waals surface area (Å²) >= 11 is 0. The maximum Gasteiger partial charge on any atom is 0.270 e. The molecule has 0 radical (unpaired) electrons. The molecule has 0 aliphatic rings. The van der Waals surface area contributed by atoms with Crippen LogP contribution in [0.1, 0.15) is 33.1 Å². The molecule has 1 atom stereocenters. The normalized spacial score (nSPS) is 11.6. The Hall–Kier alpha value is -3.47. The molecule has 0 saturated heterocycles. The van der Waals surface area contributed by atoms with E-state index >= 15 is 0 Å². The number of nitro groups is 1. The van der Waals surface area contributed by atoms with Crippen LogP contribution < -0.4 is 5.32 Å². The van der Waals surface area contributed by atoms with Gasteiger partial charge in [-0.1, -0.05) is 60.7 Å². The van der Waals surface area contributed by atoms with Crippen LogP contribution in [0, 0.1) is 17.0 Å². The maximum absolute atomic E-state index is 12.8. The molecule has 0 fully saturated rings. The molecule has 3 aromatic carbocycles. The minimum atomic E-state index is -0.507. The van der Waals surface area contributed by atoms with E-state index in [-0.39, 0.29) is 23.2 Å². The monoisotopic (exact) mass is 346 g/mol. The number of nitrogens with one attached hydrogen (secondary N) is 1. The lowest BCUT2D eigenvalue weighted by atomic mass is 9.94. The van der Waals surface area contributed by atoms with Crippen LogP contribution in [0.2, 0.25) is 0 Å². The van der Waals surface area contributed by atoms with Crippen molar-refractivity contribution in [2.75, 3.05) is 0 Å². The van der Waals surface area contributed by atoms with E-state index in [0.717, 1.165) is 16.7 Å². The third kappa shape index (κ3) is 3.78. The van der Waals surface area contributed by atoms with E-state index in [1.165, 1.54) is 18.2 Å². The molecule has 3 rings (SSSR count). The van der Waals surface area contributed by atoms with Gasteiger partial charge in [-0.2, -0.15) is 0 Å². The van der Waals surface area contributed by atoms with E-state index in [9.17, 15) is 14.9 Å². The molecular formula is C21H18N2O3. The van der Waals surface area contributed by atoms with Crippen LogP contribution in [-0.4, -0.2) is 10.8 Å². The highest BCUT2D eigenvalue weighted by atomic mass is 16.6. The number of rotatable bonds is 5. The molecule has 0 bridgehead atoms. The fraction of sp³-hybridized carbons (Fsp3) is 0.0952. The highest BCUT2D eigenvalue weighted by Crippen LogP contribution is 2.25. The number of non-ortho nitro benzene ring substituents is 1. The van der Waals surface area contributed by atoms with Gasteiger partial charge >= 0.3 is 0 Å². The first kappa shape index (κ1) is 17.4. The second-order valence-electron chi connectivity index (χ2n) is 5.98. The number of carbonyl (C=O) groups is 1. The molecule has 0 aliphatic carbocycles. The summed E-state index contributed by atoms with van der Waals surface area (Å²) in [5.74, 6) is -0.356. The largest absolute Gasteiger partial charge is 0.341 e. The Kier molecular flexibility index (Phi) is 5.08. The summed E-state index contributed by atoms with van der Waals surface area (Å²) < 4.78 is 0. The highest BCUT2D eigenvalue weighted by molar-refractivity contribution is 5.95. The van der Waals surface area contributed by atoms with Crippen LogP contribution in [0.25, 0.3) is 0 Å². The summed E-state index contributed by atoms with van der Waals surface area (Å²) in [5, 5.41) is 14.0. The van der Waals surface area contributed by atoms with E-state index in [0.29, 0.717) is 0 Å². The Morgan fingerprint density at radius 2 is 1.65 bits per heavy atom. The fourth-order valence-electron chi connectivity index (χ4n) is 2.87. The smallest absolute Gasteiger partial charge is 0.270 e. The first-order valence-corrected chi connectivity index (χ1v) is 8.22. The number of aryl methyl sites for hydroxylation is 1. The SMILES string of the molecule is Cc1ccccc1[C@@H](NC(=O)c1cccc([N+](=O)[O-])c1)c1ccccc1. The topological polar surface area (TPSA) is 72.2 Å². The van der Waals surface area contributed by atoms with Gasteiger partial charge in [0.2, 0.25) is 0 Å². The van der Waals surface area contributed by atoms with Crippen LogP contribution in [0.15, 0.2) is 78.9 Å². The van der Waals surface area contributed by atoms with E-state index < -0.39 is 4.92 Å². The number of nitro benzene ring substituents is 1. The number of carbonyl (C=O) groups excluding carboxylic acids is 1. The summed E-state index contributed by atoms with van der Waals surface area (Å²) in [6.07, 6.45) is 0. The standard InChI is InChI=1S/C21H18N2O3/c1-15-8-5-6-13-19(15)20(16-9-3-2-4-10-16)22-21(24)17-11-7-12-18(14-17)23(25)26/h2-14,20H,1H3,(H,22,24)/t20-/m0/s1.